The van der Waals surface area contributed by atoms with Crippen molar-refractivity contribution in [1.29, 1.82) is 0 Å². The summed E-state index contributed by atoms with van der Waals surface area (Å²) in [6, 6.07) is 19.5. The molecule has 1 aliphatic carbocycles. The number of sulfonamides is 1. The number of likely N-dealkylation sites (N-methyl/N-ethyl adjacent to an activating group) is 1. The predicted molar refractivity (Wildman–Crippen MR) is 200 cm³/mol. The van der Waals surface area contributed by atoms with Crippen molar-refractivity contribution in [1.82, 2.24) is 29.4 Å². The molecule has 3 fully saturated rings. The van der Waals surface area contributed by atoms with Crippen LogP contribution in [0, 0.1) is 13.8 Å². The maximum Gasteiger partial charge on any atom is 0.235 e. The van der Waals surface area contributed by atoms with Crippen LogP contribution in [0.4, 0.5) is 5.69 Å². The molecule has 10 nitrogen and oxygen atoms in total. The minimum Gasteiger partial charge on any atom is -0.371 e. The molecule has 0 radical (unpaired) electrons. The summed E-state index contributed by atoms with van der Waals surface area (Å²) in [4.78, 5) is 29.1. The Morgan fingerprint density at radius 3 is 2.14 bits per heavy atom. The lowest BCUT2D eigenvalue weighted by Gasteiger charge is -2.51. The maximum absolute atomic E-state index is 12.6. The number of hydrogen-bond acceptors (Lipinski definition) is 8. The molecule has 1 amide bonds. The highest BCUT2D eigenvalue weighted by Crippen LogP contribution is 2.36. The summed E-state index contributed by atoms with van der Waals surface area (Å²) in [5, 5.41) is 2.57. The quantitative estimate of drug-likeness (QED) is 0.262. The molecule has 2 aliphatic heterocycles. The average molecular weight is 700 g/mol. The third-order valence-electron chi connectivity index (χ3n) is 11.1. The lowest BCUT2D eigenvalue weighted by molar-refractivity contribution is -0.121. The van der Waals surface area contributed by atoms with E-state index >= 15 is 0 Å². The molecule has 1 N–H and O–H groups in total. The third kappa shape index (κ3) is 8.22. The van der Waals surface area contributed by atoms with Crippen LogP contribution >= 0.6 is 0 Å². The Morgan fingerprint density at radius 2 is 1.54 bits per heavy atom. The van der Waals surface area contributed by atoms with Crippen LogP contribution in [0.1, 0.15) is 73.5 Å². The second-order valence-corrected chi connectivity index (χ2v) is 16.9. The fourth-order valence-electron chi connectivity index (χ4n) is 7.65. The monoisotopic (exact) mass is 699 g/mol. The number of nitrogens with one attached hydrogen (secondary N) is 1. The van der Waals surface area contributed by atoms with E-state index in [9.17, 15) is 13.2 Å². The first-order valence-electron chi connectivity index (χ1n) is 18.0. The van der Waals surface area contributed by atoms with Crippen LogP contribution < -0.4 is 10.2 Å². The summed E-state index contributed by atoms with van der Waals surface area (Å²) < 4.78 is 26.0. The van der Waals surface area contributed by atoms with Gasteiger partial charge >= 0.3 is 0 Å². The zero-order valence-electron chi connectivity index (χ0n) is 30.1. The molecule has 0 spiro atoms. The van der Waals surface area contributed by atoms with Crippen molar-refractivity contribution in [2.45, 2.75) is 89.2 Å². The minimum absolute atomic E-state index is 0.157. The van der Waals surface area contributed by atoms with E-state index in [1.54, 1.807) is 6.33 Å². The smallest absolute Gasteiger partial charge is 0.235 e. The van der Waals surface area contributed by atoms with Gasteiger partial charge in [-0.1, -0.05) is 49.0 Å². The molecule has 1 aromatic heterocycles. The molecule has 3 heterocycles. The van der Waals surface area contributed by atoms with E-state index in [1.165, 1.54) is 22.6 Å². The van der Waals surface area contributed by atoms with Gasteiger partial charge < -0.3 is 15.1 Å². The molecular weight excluding hydrogens is 647 g/mol. The van der Waals surface area contributed by atoms with E-state index in [1.807, 2.05) is 13.8 Å². The van der Waals surface area contributed by atoms with E-state index in [0.717, 1.165) is 86.6 Å². The Hall–Kier alpha value is -3.80. The second kappa shape index (κ2) is 15.2. The van der Waals surface area contributed by atoms with Gasteiger partial charge in [0.15, 0.2) is 0 Å². The number of aromatic nitrogens is 2. The van der Waals surface area contributed by atoms with Crippen LogP contribution in [0.2, 0.25) is 0 Å². The predicted octanol–water partition coefficient (Wildman–Crippen LogP) is 5.13. The van der Waals surface area contributed by atoms with Crippen molar-refractivity contribution in [3.8, 4) is 0 Å². The Morgan fingerprint density at radius 1 is 0.920 bits per heavy atom. The molecule has 0 atom stereocenters. The van der Waals surface area contributed by atoms with Crippen LogP contribution in [-0.2, 0) is 27.9 Å². The molecule has 0 bridgehead atoms. The number of nitrogens with zero attached hydrogens (tertiary/aromatic N) is 6. The van der Waals surface area contributed by atoms with Crippen LogP contribution in [0.15, 0.2) is 67.5 Å². The van der Waals surface area contributed by atoms with Crippen LogP contribution in [0.3, 0.4) is 0 Å². The van der Waals surface area contributed by atoms with Gasteiger partial charge in [0.2, 0.25) is 15.9 Å². The Balaban J connectivity index is 1.05. The summed E-state index contributed by atoms with van der Waals surface area (Å²) in [5.41, 5.74) is 7.69. The topological polar surface area (TPSA) is 102 Å². The van der Waals surface area contributed by atoms with Gasteiger partial charge in [-0.2, -0.15) is 4.31 Å². The number of benzene rings is 2. The fraction of sp³-hybridized carbons (Fsp3) is 0.513. The number of hydrogen-bond donors (Lipinski definition) is 1. The highest BCUT2D eigenvalue weighted by atomic mass is 32.2. The van der Waals surface area contributed by atoms with Crippen molar-refractivity contribution in [3.05, 3.63) is 95.6 Å². The average Bonchev–Trinajstić information content (AvgIpc) is 3.98. The number of piperidine rings is 2. The van der Waals surface area contributed by atoms with E-state index in [2.05, 4.69) is 98.1 Å². The molecular formula is C39H53N7O3S. The number of amides is 1. The standard InChI is InChI=1S/C39H53N7O3S/c1-29-38(30(2)42-28-41-29)31(3)44-23-19-39(4,20-24-44)45-21-17-35(18-22-45)46(26-33-9-7-6-8-10-33)34-13-11-32(12-14-34)25-40-37(47)27-43(5)50(48,49)36-15-16-36/h6-14,28,35-36H,3,15-27H2,1-2,4-5H3,(H,40,47). The fourth-order valence-corrected chi connectivity index (χ4v) is 9.18. The maximum atomic E-state index is 12.6. The first-order valence-corrected chi connectivity index (χ1v) is 19.5. The Bertz CT molecular complexity index is 1730. The second-order valence-electron chi connectivity index (χ2n) is 14.6. The lowest BCUT2D eigenvalue weighted by Crippen LogP contribution is -2.57. The SMILES string of the molecule is C=C(c1c(C)ncnc1C)N1CCC(C)(N2CCC(N(Cc3ccccc3)c3ccc(CNC(=O)CN(C)S(=O)(=O)C4CC4)cc3)CC2)CC1. The number of carbonyl (C=O) groups excluding carboxylic acids is 1. The van der Waals surface area contributed by atoms with E-state index in [4.69, 9.17) is 0 Å². The zero-order chi connectivity index (χ0) is 35.5. The molecule has 11 heteroatoms. The molecule has 2 aromatic carbocycles. The van der Waals surface area contributed by atoms with Crippen LogP contribution in [-0.4, -0.2) is 95.0 Å². The first-order chi connectivity index (χ1) is 23.9. The molecule has 50 heavy (non-hydrogen) atoms. The highest BCUT2D eigenvalue weighted by Gasteiger charge is 2.40. The normalized spacial score (nSPS) is 18.6. The number of likely N-dealkylation sites (tertiary alicyclic amines) is 2. The van der Waals surface area contributed by atoms with Crippen molar-refractivity contribution >= 4 is 27.3 Å². The van der Waals surface area contributed by atoms with Crippen molar-refractivity contribution < 1.29 is 13.2 Å². The number of aryl methyl sites for hydroxylation is 2. The van der Waals surface area contributed by atoms with Crippen molar-refractivity contribution in [2.75, 3.05) is 44.7 Å². The molecule has 0 unspecified atom stereocenters. The number of carbonyl (C=O) groups is 1. The summed E-state index contributed by atoms with van der Waals surface area (Å²) in [6.45, 7) is 16.1. The summed E-state index contributed by atoms with van der Waals surface area (Å²) in [5.74, 6) is -0.293. The van der Waals surface area contributed by atoms with Gasteiger partial charge in [0.1, 0.15) is 6.33 Å². The number of anilines is 1. The molecule has 1 saturated carbocycles. The van der Waals surface area contributed by atoms with Gasteiger partial charge in [-0.15, -0.1) is 0 Å². The first kappa shape index (κ1) is 36.0. The van der Waals surface area contributed by atoms with Gasteiger partial charge in [-0.05, 0) is 82.6 Å². The van der Waals surface area contributed by atoms with Gasteiger partial charge in [0, 0.05) is 74.8 Å². The van der Waals surface area contributed by atoms with Gasteiger partial charge in [-0.25, -0.2) is 18.4 Å². The summed E-state index contributed by atoms with van der Waals surface area (Å²) in [7, 11) is -1.89. The molecule has 2 saturated heterocycles. The third-order valence-corrected chi connectivity index (χ3v) is 13.4. The summed E-state index contributed by atoms with van der Waals surface area (Å²) >= 11 is 0. The van der Waals surface area contributed by atoms with E-state index in [-0.39, 0.29) is 23.2 Å². The molecule has 6 rings (SSSR count). The zero-order valence-corrected chi connectivity index (χ0v) is 31.0. The number of rotatable bonds is 13. The van der Waals surface area contributed by atoms with E-state index in [0.29, 0.717) is 25.4 Å². The van der Waals surface area contributed by atoms with Crippen molar-refractivity contribution in [3.63, 3.8) is 0 Å². The van der Waals surface area contributed by atoms with Gasteiger partial charge in [0.25, 0.3) is 0 Å². The molecule has 3 aliphatic rings. The van der Waals surface area contributed by atoms with Gasteiger partial charge in [0.05, 0.1) is 23.2 Å². The minimum atomic E-state index is -3.37. The van der Waals surface area contributed by atoms with Crippen LogP contribution in [0.25, 0.3) is 5.70 Å². The highest BCUT2D eigenvalue weighted by molar-refractivity contribution is 7.90. The van der Waals surface area contributed by atoms with Gasteiger partial charge in [-0.3, -0.25) is 9.69 Å². The van der Waals surface area contributed by atoms with Crippen molar-refractivity contribution in [2.24, 2.45) is 0 Å². The lowest BCUT2D eigenvalue weighted by atomic mass is 9.85. The Kier molecular flexibility index (Phi) is 11.0. The summed E-state index contributed by atoms with van der Waals surface area (Å²) in [6.07, 6.45) is 7.37. The molecule has 268 valence electrons. The Labute approximate surface area is 298 Å². The largest absolute Gasteiger partial charge is 0.371 e. The molecule has 3 aromatic rings. The van der Waals surface area contributed by atoms with Crippen LogP contribution in [0.5, 0.6) is 0 Å². The van der Waals surface area contributed by atoms with E-state index < -0.39 is 10.0 Å².